The molecule has 1 fully saturated rings. The average molecular weight is 218 g/mol. The quantitative estimate of drug-likeness (QED) is 0.570. The van der Waals surface area contributed by atoms with Crippen LogP contribution in [0, 0.1) is 5.92 Å². The Balaban J connectivity index is 2.16. The summed E-state index contributed by atoms with van der Waals surface area (Å²) >= 11 is 5.45. The van der Waals surface area contributed by atoms with Crippen LogP contribution in [0.25, 0.3) is 0 Å². The van der Waals surface area contributed by atoms with Gasteiger partial charge in [0.1, 0.15) is 0 Å². The molecule has 1 unspecified atom stereocenters. The van der Waals surface area contributed by atoms with Gasteiger partial charge in [-0.1, -0.05) is 12.2 Å². The Hall–Kier alpha value is -0.540. The zero-order valence-electron chi connectivity index (χ0n) is 8.17. The summed E-state index contributed by atoms with van der Waals surface area (Å²) in [6.45, 7) is 1.91. The van der Waals surface area contributed by atoms with Crippen molar-refractivity contribution in [2.24, 2.45) is 5.92 Å². The lowest BCUT2D eigenvalue weighted by atomic mass is 10.0. The number of carbonyl (C=O) groups is 1. The maximum absolute atomic E-state index is 11.5. The summed E-state index contributed by atoms with van der Waals surface area (Å²) < 4.78 is 5.23. The van der Waals surface area contributed by atoms with Crippen molar-refractivity contribution >= 4 is 17.5 Å². The van der Waals surface area contributed by atoms with Crippen LogP contribution in [0.2, 0.25) is 0 Å². The predicted molar refractivity (Wildman–Crippen MR) is 56.4 cm³/mol. The van der Waals surface area contributed by atoms with Crippen molar-refractivity contribution in [3.63, 3.8) is 0 Å². The largest absolute Gasteiger partial charge is 0.381 e. The summed E-state index contributed by atoms with van der Waals surface area (Å²) in [5.41, 5.74) is 0. The Kier molecular flexibility index (Phi) is 5.64. The highest BCUT2D eigenvalue weighted by Crippen LogP contribution is 2.12. The lowest BCUT2D eigenvalue weighted by Gasteiger charge is -2.20. The molecule has 3 nitrogen and oxygen atoms in total. The lowest BCUT2D eigenvalue weighted by molar-refractivity contribution is -0.128. The number of ether oxygens (including phenoxy) is 1. The minimum Gasteiger partial charge on any atom is -0.381 e. The summed E-state index contributed by atoms with van der Waals surface area (Å²) in [5.74, 6) is 0.611. The molecule has 1 amide bonds. The molecule has 1 rings (SSSR count). The van der Waals surface area contributed by atoms with E-state index in [1.165, 1.54) is 0 Å². The van der Waals surface area contributed by atoms with Crippen molar-refractivity contribution in [3.8, 4) is 0 Å². The van der Waals surface area contributed by atoms with E-state index in [0.29, 0.717) is 19.0 Å². The molecule has 0 aromatic rings. The van der Waals surface area contributed by atoms with Crippen molar-refractivity contribution in [1.82, 2.24) is 5.32 Å². The first kappa shape index (κ1) is 11.5. The topological polar surface area (TPSA) is 38.3 Å². The summed E-state index contributed by atoms with van der Waals surface area (Å²) in [7, 11) is 0. The minimum atomic E-state index is 0.0353. The Morgan fingerprint density at radius 3 is 3.07 bits per heavy atom. The summed E-state index contributed by atoms with van der Waals surface area (Å²) in [6.07, 6.45) is 5.59. The third-order valence-corrected chi connectivity index (χ3v) is 2.36. The van der Waals surface area contributed by atoms with Crippen molar-refractivity contribution in [2.45, 2.75) is 12.8 Å². The van der Waals surface area contributed by atoms with Gasteiger partial charge < -0.3 is 10.1 Å². The third-order valence-electron chi connectivity index (χ3n) is 2.18. The number of allylic oxidation sites excluding steroid dienone is 1. The van der Waals surface area contributed by atoms with Crippen LogP contribution in [0.1, 0.15) is 12.8 Å². The first-order valence-electron chi connectivity index (χ1n) is 4.91. The predicted octanol–water partition coefficient (Wildman–Crippen LogP) is 1.32. The molecule has 0 aliphatic carbocycles. The fourth-order valence-electron chi connectivity index (χ4n) is 1.40. The molecular weight excluding hydrogens is 202 g/mol. The lowest BCUT2D eigenvalue weighted by Crippen LogP contribution is -2.35. The second-order valence-electron chi connectivity index (χ2n) is 3.28. The van der Waals surface area contributed by atoms with Crippen LogP contribution in [-0.2, 0) is 9.53 Å². The van der Waals surface area contributed by atoms with Crippen LogP contribution in [0.15, 0.2) is 12.2 Å². The van der Waals surface area contributed by atoms with Gasteiger partial charge in [-0.05, 0) is 12.8 Å². The Labute approximate surface area is 89.5 Å². The first-order chi connectivity index (χ1) is 6.84. The minimum absolute atomic E-state index is 0.0353. The van der Waals surface area contributed by atoms with E-state index in [0.717, 1.165) is 19.4 Å². The molecule has 14 heavy (non-hydrogen) atoms. The Morgan fingerprint density at radius 1 is 1.57 bits per heavy atom. The van der Waals surface area contributed by atoms with E-state index in [2.05, 4.69) is 5.32 Å². The smallest absolute Gasteiger partial charge is 0.225 e. The van der Waals surface area contributed by atoms with Gasteiger partial charge in [-0.3, -0.25) is 4.79 Å². The van der Waals surface area contributed by atoms with Crippen molar-refractivity contribution in [2.75, 3.05) is 25.6 Å². The van der Waals surface area contributed by atoms with Gasteiger partial charge >= 0.3 is 0 Å². The molecular formula is C10H16ClNO2. The number of hydrogen-bond acceptors (Lipinski definition) is 2. The van der Waals surface area contributed by atoms with Gasteiger partial charge in [0.2, 0.25) is 5.91 Å². The molecule has 0 spiro atoms. The molecule has 0 aromatic heterocycles. The summed E-state index contributed by atoms with van der Waals surface area (Å²) in [6, 6.07) is 0. The van der Waals surface area contributed by atoms with Gasteiger partial charge in [-0.2, -0.15) is 0 Å². The molecule has 0 bridgehead atoms. The SMILES string of the molecule is O=C(NC/C=C/CCl)C1CCCOC1. The van der Waals surface area contributed by atoms with Crippen LogP contribution in [0.3, 0.4) is 0 Å². The van der Waals surface area contributed by atoms with Crippen LogP contribution < -0.4 is 5.32 Å². The monoisotopic (exact) mass is 217 g/mol. The molecule has 80 valence electrons. The number of nitrogens with one attached hydrogen (secondary N) is 1. The van der Waals surface area contributed by atoms with Gasteiger partial charge in [0, 0.05) is 19.0 Å². The number of rotatable bonds is 4. The highest BCUT2D eigenvalue weighted by Gasteiger charge is 2.20. The molecule has 1 aliphatic rings. The fraction of sp³-hybridized carbons (Fsp3) is 0.700. The van der Waals surface area contributed by atoms with Gasteiger partial charge in [-0.25, -0.2) is 0 Å². The molecule has 1 N–H and O–H groups in total. The summed E-state index contributed by atoms with van der Waals surface area (Å²) in [4.78, 5) is 11.5. The molecule has 0 saturated carbocycles. The second-order valence-corrected chi connectivity index (χ2v) is 3.59. The standard InChI is InChI=1S/C10H16ClNO2/c11-5-1-2-6-12-10(13)9-4-3-7-14-8-9/h1-2,9H,3-8H2,(H,12,13)/b2-1+. The first-order valence-corrected chi connectivity index (χ1v) is 5.44. The van der Waals surface area contributed by atoms with Crippen LogP contribution >= 0.6 is 11.6 Å². The van der Waals surface area contributed by atoms with E-state index in [-0.39, 0.29) is 11.8 Å². The normalized spacial score (nSPS) is 22.5. The van der Waals surface area contributed by atoms with Gasteiger partial charge in [0.25, 0.3) is 0 Å². The van der Waals surface area contributed by atoms with E-state index in [4.69, 9.17) is 16.3 Å². The zero-order valence-corrected chi connectivity index (χ0v) is 8.93. The molecule has 0 radical (unpaired) electrons. The zero-order chi connectivity index (χ0) is 10.2. The number of carbonyl (C=O) groups excluding carboxylic acids is 1. The molecule has 0 aromatic carbocycles. The van der Waals surface area contributed by atoms with Gasteiger partial charge in [0.15, 0.2) is 0 Å². The van der Waals surface area contributed by atoms with Crippen molar-refractivity contribution in [1.29, 1.82) is 0 Å². The van der Waals surface area contributed by atoms with Gasteiger partial charge in [0.05, 0.1) is 12.5 Å². The van der Waals surface area contributed by atoms with Crippen LogP contribution in [0.4, 0.5) is 0 Å². The highest BCUT2D eigenvalue weighted by atomic mass is 35.5. The Bertz CT molecular complexity index is 200. The number of hydrogen-bond donors (Lipinski definition) is 1. The van der Waals surface area contributed by atoms with E-state index in [1.807, 2.05) is 12.2 Å². The molecule has 1 atom stereocenters. The van der Waals surface area contributed by atoms with E-state index < -0.39 is 0 Å². The third kappa shape index (κ3) is 4.11. The van der Waals surface area contributed by atoms with Crippen molar-refractivity contribution < 1.29 is 9.53 Å². The number of amides is 1. The number of halogens is 1. The second kappa shape index (κ2) is 6.85. The number of alkyl halides is 1. The maximum Gasteiger partial charge on any atom is 0.225 e. The molecule has 1 heterocycles. The van der Waals surface area contributed by atoms with Crippen LogP contribution in [-0.4, -0.2) is 31.5 Å². The molecule has 4 heteroatoms. The highest BCUT2D eigenvalue weighted by molar-refractivity contribution is 6.18. The molecule has 1 aliphatic heterocycles. The average Bonchev–Trinajstić information content (AvgIpc) is 2.25. The van der Waals surface area contributed by atoms with Crippen LogP contribution in [0.5, 0.6) is 0 Å². The van der Waals surface area contributed by atoms with Crippen molar-refractivity contribution in [3.05, 3.63) is 12.2 Å². The van der Waals surface area contributed by atoms with E-state index in [9.17, 15) is 4.79 Å². The molecule has 1 saturated heterocycles. The summed E-state index contributed by atoms with van der Waals surface area (Å²) in [5, 5.41) is 2.82. The van der Waals surface area contributed by atoms with E-state index in [1.54, 1.807) is 0 Å². The fourth-order valence-corrected chi connectivity index (χ4v) is 1.52. The van der Waals surface area contributed by atoms with Gasteiger partial charge in [-0.15, -0.1) is 11.6 Å². The maximum atomic E-state index is 11.5. The Morgan fingerprint density at radius 2 is 2.43 bits per heavy atom. The van der Waals surface area contributed by atoms with E-state index >= 15 is 0 Å².